The topological polar surface area (TPSA) is 19.4 Å². The third-order valence-corrected chi connectivity index (χ3v) is 8.17. The van der Waals surface area contributed by atoms with E-state index >= 15 is 0 Å². The van der Waals surface area contributed by atoms with Crippen molar-refractivity contribution >= 4 is 32.9 Å². The number of aromatic nitrogens is 1. The van der Waals surface area contributed by atoms with Crippen LogP contribution in [0.5, 0.6) is 0 Å². The molecule has 3 nitrogen and oxygen atoms in total. The zero-order valence-electron chi connectivity index (χ0n) is 20.6. The SMILES string of the molecule is CCN1c2cc(-c3nc4ccccc4s3)ccc2C(c2ccccc2)C1C=CN(C)c1ccccc1. The van der Waals surface area contributed by atoms with Crippen LogP contribution in [0.15, 0.2) is 115 Å². The van der Waals surface area contributed by atoms with E-state index in [1.54, 1.807) is 11.3 Å². The molecule has 2 unspecified atom stereocenters. The minimum atomic E-state index is 0.226. The van der Waals surface area contributed by atoms with Gasteiger partial charge in [-0.2, -0.15) is 0 Å². The summed E-state index contributed by atoms with van der Waals surface area (Å²) < 4.78 is 1.23. The largest absolute Gasteiger partial charge is 0.364 e. The summed E-state index contributed by atoms with van der Waals surface area (Å²) in [7, 11) is 2.12. The summed E-state index contributed by atoms with van der Waals surface area (Å²) in [6.07, 6.45) is 4.59. The number of rotatable bonds is 6. The molecule has 178 valence electrons. The van der Waals surface area contributed by atoms with E-state index in [9.17, 15) is 0 Å². The molecule has 0 fully saturated rings. The Kier molecular flexibility index (Phi) is 6.04. The van der Waals surface area contributed by atoms with Gasteiger partial charge in [0.15, 0.2) is 0 Å². The average molecular weight is 488 g/mol. The summed E-state index contributed by atoms with van der Waals surface area (Å²) in [6.45, 7) is 3.19. The van der Waals surface area contributed by atoms with E-state index in [1.807, 2.05) is 0 Å². The Hall–Kier alpha value is -3.89. The highest BCUT2D eigenvalue weighted by Crippen LogP contribution is 2.47. The van der Waals surface area contributed by atoms with Crippen LogP contribution < -0.4 is 9.80 Å². The summed E-state index contributed by atoms with van der Waals surface area (Å²) in [5, 5.41) is 1.08. The lowest BCUT2D eigenvalue weighted by Crippen LogP contribution is -2.33. The molecule has 0 radical (unpaired) electrons. The fourth-order valence-electron chi connectivity index (χ4n) is 5.31. The molecule has 0 aliphatic carbocycles. The second kappa shape index (κ2) is 9.63. The van der Waals surface area contributed by atoms with Crippen molar-refractivity contribution in [2.75, 3.05) is 23.4 Å². The molecule has 4 aromatic carbocycles. The van der Waals surface area contributed by atoms with E-state index in [2.05, 4.69) is 139 Å². The molecule has 2 heterocycles. The zero-order valence-corrected chi connectivity index (χ0v) is 21.4. The monoisotopic (exact) mass is 487 g/mol. The summed E-state index contributed by atoms with van der Waals surface area (Å²) in [6, 6.07) is 37.0. The zero-order chi connectivity index (χ0) is 24.5. The molecule has 0 spiro atoms. The van der Waals surface area contributed by atoms with Crippen LogP contribution in [-0.4, -0.2) is 24.6 Å². The van der Waals surface area contributed by atoms with Crippen LogP contribution in [0.25, 0.3) is 20.8 Å². The number of anilines is 2. The van der Waals surface area contributed by atoms with E-state index in [0.29, 0.717) is 0 Å². The van der Waals surface area contributed by atoms with Crippen molar-refractivity contribution in [1.82, 2.24) is 4.98 Å². The fourth-order valence-corrected chi connectivity index (χ4v) is 6.27. The van der Waals surface area contributed by atoms with Gasteiger partial charge in [-0.3, -0.25) is 0 Å². The highest BCUT2D eigenvalue weighted by molar-refractivity contribution is 7.21. The fraction of sp³-hybridized carbons (Fsp3) is 0.156. The summed E-state index contributed by atoms with van der Waals surface area (Å²) in [5.41, 5.74) is 7.47. The first kappa shape index (κ1) is 22.6. The van der Waals surface area contributed by atoms with Gasteiger partial charge in [-0.25, -0.2) is 4.98 Å². The van der Waals surface area contributed by atoms with Crippen LogP contribution in [0, 0.1) is 0 Å². The number of fused-ring (bicyclic) bond motifs is 2. The lowest BCUT2D eigenvalue weighted by molar-refractivity contribution is 0.678. The normalized spacial score (nSPS) is 17.1. The first-order valence-corrected chi connectivity index (χ1v) is 13.3. The van der Waals surface area contributed by atoms with Gasteiger partial charge in [0.1, 0.15) is 5.01 Å². The van der Waals surface area contributed by atoms with Crippen molar-refractivity contribution in [3.63, 3.8) is 0 Å². The number of hydrogen-bond acceptors (Lipinski definition) is 4. The van der Waals surface area contributed by atoms with Gasteiger partial charge in [-0.1, -0.05) is 72.8 Å². The molecule has 1 aliphatic heterocycles. The van der Waals surface area contributed by atoms with Crippen LogP contribution in [0.3, 0.4) is 0 Å². The van der Waals surface area contributed by atoms with E-state index in [1.165, 1.54) is 32.8 Å². The highest BCUT2D eigenvalue weighted by Gasteiger charge is 2.37. The number of hydrogen-bond donors (Lipinski definition) is 0. The number of thiazole rings is 1. The molecule has 1 aliphatic rings. The van der Waals surface area contributed by atoms with Gasteiger partial charge in [0.05, 0.1) is 16.3 Å². The minimum Gasteiger partial charge on any atom is -0.364 e. The Labute approximate surface area is 217 Å². The van der Waals surface area contributed by atoms with E-state index in [-0.39, 0.29) is 12.0 Å². The van der Waals surface area contributed by atoms with E-state index < -0.39 is 0 Å². The predicted molar refractivity (Wildman–Crippen MR) is 154 cm³/mol. The number of benzene rings is 4. The smallest absolute Gasteiger partial charge is 0.124 e. The van der Waals surface area contributed by atoms with Gasteiger partial charge in [0, 0.05) is 42.6 Å². The molecule has 36 heavy (non-hydrogen) atoms. The Morgan fingerprint density at radius 1 is 0.889 bits per heavy atom. The van der Waals surface area contributed by atoms with Gasteiger partial charge in [-0.15, -0.1) is 11.3 Å². The molecular weight excluding hydrogens is 458 g/mol. The first-order chi connectivity index (χ1) is 17.7. The summed E-state index contributed by atoms with van der Waals surface area (Å²) in [5.74, 6) is 0.269. The molecular formula is C32H29N3S. The Morgan fingerprint density at radius 3 is 2.36 bits per heavy atom. The molecule has 5 aromatic rings. The summed E-state index contributed by atoms with van der Waals surface area (Å²) in [4.78, 5) is 9.67. The van der Waals surface area contributed by atoms with Crippen LogP contribution in [0.2, 0.25) is 0 Å². The maximum Gasteiger partial charge on any atom is 0.124 e. The second-order valence-corrected chi connectivity index (χ2v) is 10.2. The number of likely N-dealkylation sites (N-methyl/N-ethyl adjacent to an activating group) is 1. The van der Waals surface area contributed by atoms with Gasteiger partial charge in [0.2, 0.25) is 0 Å². The van der Waals surface area contributed by atoms with Crippen LogP contribution in [0.1, 0.15) is 24.0 Å². The first-order valence-electron chi connectivity index (χ1n) is 12.5. The maximum absolute atomic E-state index is 4.93. The van der Waals surface area contributed by atoms with Crippen molar-refractivity contribution in [3.8, 4) is 10.6 Å². The van der Waals surface area contributed by atoms with Crippen molar-refractivity contribution in [2.24, 2.45) is 0 Å². The molecule has 1 aromatic heterocycles. The minimum absolute atomic E-state index is 0.226. The second-order valence-electron chi connectivity index (χ2n) is 9.21. The molecule has 0 saturated carbocycles. The molecule has 0 saturated heterocycles. The third-order valence-electron chi connectivity index (χ3n) is 7.09. The third kappa shape index (κ3) is 4.08. The quantitative estimate of drug-likeness (QED) is 0.242. The highest BCUT2D eigenvalue weighted by atomic mass is 32.1. The van der Waals surface area contributed by atoms with Crippen molar-refractivity contribution in [2.45, 2.75) is 18.9 Å². The molecule has 0 bridgehead atoms. The Bertz CT molecular complexity index is 1470. The van der Waals surface area contributed by atoms with Crippen LogP contribution >= 0.6 is 11.3 Å². The Morgan fingerprint density at radius 2 is 1.61 bits per heavy atom. The maximum atomic E-state index is 4.93. The van der Waals surface area contributed by atoms with Crippen LogP contribution in [-0.2, 0) is 0 Å². The molecule has 4 heteroatoms. The number of nitrogens with zero attached hydrogens (tertiary/aromatic N) is 3. The van der Waals surface area contributed by atoms with Gasteiger partial charge in [-0.05, 0) is 54.5 Å². The van der Waals surface area contributed by atoms with Gasteiger partial charge in [0.25, 0.3) is 0 Å². The van der Waals surface area contributed by atoms with E-state index in [4.69, 9.17) is 4.98 Å². The molecule has 0 amide bonds. The van der Waals surface area contributed by atoms with Gasteiger partial charge >= 0.3 is 0 Å². The summed E-state index contributed by atoms with van der Waals surface area (Å²) >= 11 is 1.76. The molecule has 6 rings (SSSR count). The van der Waals surface area contributed by atoms with Crippen molar-refractivity contribution in [1.29, 1.82) is 0 Å². The van der Waals surface area contributed by atoms with Crippen LogP contribution in [0.4, 0.5) is 11.4 Å². The van der Waals surface area contributed by atoms with E-state index in [0.717, 1.165) is 17.1 Å². The Balaban J connectivity index is 1.42. The molecule has 2 atom stereocenters. The average Bonchev–Trinajstić information content (AvgIpc) is 3.51. The molecule has 0 N–H and O–H groups in total. The number of para-hydroxylation sites is 2. The van der Waals surface area contributed by atoms with Gasteiger partial charge < -0.3 is 9.80 Å². The van der Waals surface area contributed by atoms with Crippen molar-refractivity contribution < 1.29 is 0 Å². The standard InChI is InChI=1S/C32H29N3S/c1-3-35-28(20-21-34(2)25-14-8-5-9-15-25)31(23-12-6-4-7-13-23)26-19-18-24(22-29(26)35)32-33-27-16-10-11-17-30(27)36-32/h4-22,28,31H,3H2,1-2H3. The van der Waals surface area contributed by atoms with Crippen molar-refractivity contribution in [3.05, 3.63) is 127 Å². The lowest BCUT2D eigenvalue weighted by Gasteiger charge is -2.28. The predicted octanol–water partition coefficient (Wildman–Crippen LogP) is 7.95. The lowest BCUT2D eigenvalue weighted by atomic mass is 9.87.